The van der Waals surface area contributed by atoms with Crippen LogP contribution in [0.25, 0.3) is 15.3 Å². The third-order valence-corrected chi connectivity index (χ3v) is 5.34. The summed E-state index contributed by atoms with van der Waals surface area (Å²) in [5, 5.41) is 15.4. The number of hydrogen-bond acceptors (Lipinski definition) is 6. The van der Waals surface area contributed by atoms with Gasteiger partial charge in [0.15, 0.2) is 4.96 Å². The molecule has 1 amide bonds. The summed E-state index contributed by atoms with van der Waals surface area (Å²) in [4.78, 5) is 29.3. The van der Waals surface area contributed by atoms with Gasteiger partial charge in [0.1, 0.15) is 4.83 Å². The number of amides is 1. The number of thiophene rings is 1. The fourth-order valence-corrected chi connectivity index (χ4v) is 4.08. The molecule has 0 bridgehead atoms. The van der Waals surface area contributed by atoms with E-state index in [9.17, 15) is 14.9 Å². The zero-order valence-electron chi connectivity index (χ0n) is 12.1. The highest BCUT2D eigenvalue weighted by Gasteiger charge is 2.15. The van der Waals surface area contributed by atoms with Crippen LogP contribution in [0.15, 0.2) is 41.9 Å². The van der Waals surface area contributed by atoms with Crippen molar-refractivity contribution in [3.63, 3.8) is 0 Å². The zero-order chi connectivity index (χ0) is 16.7. The van der Waals surface area contributed by atoms with E-state index in [0.29, 0.717) is 11.4 Å². The highest BCUT2D eigenvalue weighted by Crippen LogP contribution is 2.28. The summed E-state index contributed by atoms with van der Waals surface area (Å²) in [6, 6.07) is 7.95. The third kappa shape index (κ3) is 2.53. The molecule has 3 aromatic heterocycles. The number of imidazole rings is 1. The molecule has 7 nitrogen and oxygen atoms in total. The molecule has 0 radical (unpaired) electrons. The molecule has 0 spiro atoms. The molecule has 1 aromatic carbocycles. The maximum Gasteiger partial charge on any atom is 0.269 e. The number of rotatable bonds is 4. The Kier molecular flexibility index (Phi) is 3.51. The Morgan fingerprint density at radius 1 is 1.33 bits per heavy atom. The van der Waals surface area contributed by atoms with Crippen molar-refractivity contribution in [3.8, 4) is 0 Å². The van der Waals surface area contributed by atoms with Crippen molar-refractivity contribution in [2.45, 2.75) is 6.54 Å². The molecule has 0 saturated carbocycles. The number of nitrogens with one attached hydrogen (secondary N) is 1. The molecule has 0 unspecified atom stereocenters. The first-order chi connectivity index (χ1) is 11.6. The molecule has 3 heterocycles. The zero-order valence-corrected chi connectivity index (χ0v) is 13.8. The number of nitrogens with zero attached hydrogens (tertiary/aromatic N) is 3. The second-order valence-electron chi connectivity index (χ2n) is 5.07. The average Bonchev–Trinajstić information content (AvgIpc) is 3.24. The van der Waals surface area contributed by atoms with E-state index in [4.69, 9.17) is 0 Å². The van der Waals surface area contributed by atoms with Crippen molar-refractivity contribution in [1.29, 1.82) is 0 Å². The average molecular weight is 358 g/mol. The fraction of sp³-hybridized carbons (Fsp3) is 0.0667. The van der Waals surface area contributed by atoms with Gasteiger partial charge < -0.3 is 5.32 Å². The van der Waals surface area contributed by atoms with Crippen molar-refractivity contribution in [3.05, 3.63) is 62.5 Å². The smallest absolute Gasteiger partial charge is 0.269 e. The lowest BCUT2D eigenvalue weighted by atomic mass is 10.2. The number of nitro groups is 1. The molecule has 9 heteroatoms. The van der Waals surface area contributed by atoms with E-state index in [1.807, 2.05) is 22.0 Å². The number of nitro benzene ring substituents is 1. The summed E-state index contributed by atoms with van der Waals surface area (Å²) >= 11 is 2.90. The largest absolute Gasteiger partial charge is 0.347 e. The number of carbonyl (C=O) groups is 1. The van der Waals surface area contributed by atoms with Crippen LogP contribution in [0.3, 0.4) is 0 Å². The predicted octanol–water partition coefficient (Wildman–Crippen LogP) is 3.45. The number of non-ortho nitro benzene ring substituents is 1. The van der Waals surface area contributed by atoms with Gasteiger partial charge in [-0.05, 0) is 11.6 Å². The number of aromatic nitrogens is 2. The van der Waals surface area contributed by atoms with Crippen molar-refractivity contribution in [1.82, 2.24) is 14.7 Å². The van der Waals surface area contributed by atoms with Gasteiger partial charge in [0, 0.05) is 30.3 Å². The van der Waals surface area contributed by atoms with Crippen molar-refractivity contribution in [2.75, 3.05) is 0 Å². The topological polar surface area (TPSA) is 89.5 Å². The first-order valence-corrected chi connectivity index (χ1v) is 8.68. The second-order valence-corrected chi connectivity index (χ2v) is 6.98. The minimum absolute atomic E-state index is 0.0324. The Balaban J connectivity index is 1.49. The van der Waals surface area contributed by atoms with Crippen molar-refractivity contribution >= 4 is 49.6 Å². The van der Waals surface area contributed by atoms with E-state index in [0.717, 1.165) is 20.9 Å². The molecular formula is C15H10N4O3S2. The lowest BCUT2D eigenvalue weighted by molar-refractivity contribution is -0.384. The summed E-state index contributed by atoms with van der Waals surface area (Å²) in [6.45, 7) is 0.313. The Bertz CT molecular complexity index is 1060. The molecule has 0 saturated heterocycles. The van der Waals surface area contributed by atoms with E-state index in [1.54, 1.807) is 23.5 Å². The van der Waals surface area contributed by atoms with Gasteiger partial charge in [-0.15, -0.1) is 22.7 Å². The highest BCUT2D eigenvalue weighted by molar-refractivity contribution is 7.21. The SMILES string of the molecule is O=C(NCc1ccc([N+](=O)[O-])cc1)c1cc2c(nc3sccn32)s1. The number of carbonyl (C=O) groups excluding carboxylic acids is 1. The normalized spacial score (nSPS) is 11.2. The van der Waals surface area contributed by atoms with Gasteiger partial charge in [0.2, 0.25) is 0 Å². The molecular weight excluding hydrogens is 348 g/mol. The minimum Gasteiger partial charge on any atom is -0.347 e. The van der Waals surface area contributed by atoms with Crippen LogP contribution < -0.4 is 5.32 Å². The number of fused-ring (bicyclic) bond motifs is 3. The molecule has 1 N–H and O–H groups in total. The maximum absolute atomic E-state index is 12.3. The second kappa shape index (κ2) is 5.69. The first kappa shape index (κ1) is 14.8. The number of hydrogen-bond donors (Lipinski definition) is 1. The molecule has 0 aliphatic carbocycles. The van der Waals surface area contributed by atoms with Gasteiger partial charge in [-0.25, -0.2) is 4.98 Å². The molecule has 0 aliphatic heterocycles. The van der Waals surface area contributed by atoms with Gasteiger partial charge in [-0.3, -0.25) is 19.3 Å². The van der Waals surface area contributed by atoms with Crippen molar-refractivity contribution in [2.24, 2.45) is 0 Å². The van der Waals surface area contributed by atoms with Gasteiger partial charge in [-0.1, -0.05) is 12.1 Å². The van der Waals surface area contributed by atoms with Crippen LogP contribution in [-0.4, -0.2) is 20.2 Å². The van der Waals surface area contributed by atoms with E-state index < -0.39 is 4.92 Å². The Hall–Kier alpha value is -2.78. The summed E-state index contributed by atoms with van der Waals surface area (Å²) in [5.74, 6) is -0.180. The van der Waals surface area contributed by atoms with Gasteiger partial charge in [0.05, 0.1) is 15.3 Å². The molecule has 4 rings (SSSR count). The van der Waals surface area contributed by atoms with Crippen LogP contribution in [0.2, 0.25) is 0 Å². The minimum atomic E-state index is -0.449. The third-order valence-electron chi connectivity index (χ3n) is 3.56. The van der Waals surface area contributed by atoms with Crippen LogP contribution in [-0.2, 0) is 6.54 Å². The van der Waals surface area contributed by atoms with Crippen molar-refractivity contribution < 1.29 is 9.72 Å². The first-order valence-electron chi connectivity index (χ1n) is 6.98. The number of benzene rings is 1. The van der Waals surface area contributed by atoms with Crippen LogP contribution in [0.4, 0.5) is 5.69 Å². The quantitative estimate of drug-likeness (QED) is 0.447. The van der Waals surface area contributed by atoms with Gasteiger partial charge >= 0.3 is 0 Å². The maximum atomic E-state index is 12.3. The van der Waals surface area contributed by atoms with E-state index in [2.05, 4.69) is 10.3 Å². The predicted molar refractivity (Wildman–Crippen MR) is 92.7 cm³/mol. The van der Waals surface area contributed by atoms with E-state index in [1.165, 1.54) is 23.5 Å². The number of thiazole rings is 1. The highest BCUT2D eigenvalue weighted by atomic mass is 32.1. The van der Waals surface area contributed by atoms with Gasteiger partial charge in [0.25, 0.3) is 11.6 Å². The summed E-state index contributed by atoms with van der Waals surface area (Å²) in [7, 11) is 0. The molecule has 0 atom stereocenters. The Morgan fingerprint density at radius 3 is 2.88 bits per heavy atom. The Labute approximate surface area is 143 Å². The van der Waals surface area contributed by atoms with E-state index >= 15 is 0 Å². The lowest BCUT2D eigenvalue weighted by Crippen LogP contribution is -2.21. The van der Waals surface area contributed by atoms with Crippen LogP contribution in [0.5, 0.6) is 0 Å². The van der Waals surface area contributed by atoms with Crippen LogP contribution >= 0.6 is 22.7 Å². The molecule has 120 valence electrons. The summed E-state index contributed by atoms with van der Waals surface area (Å²) in [6.07, 6.45) is 1.93. The van der Waals surface area contributed by atoms with E-state index in [-0.39, 0.29) is 11.6 Å². The monoisotopic (exact) mass is 358 g/mol. The fourth-order valence-electron chi connectivity index (χ4n) is 2.36. The molecule has 4 aromatic rings. The Morgan fingerprint density at radius 2 is 2.12 bits per heavy atom. The van der Waals surface area contributed by atoms with Gasteiger partial charge in [-0.2, -0.15) is 0 Å². The molecule has 0 aliphatic rings. The van der Waals surface area contributed by atoms with Crippen LogP contribution in [0, 0.1) is 10.1 Å². The summed E-state index contributed by atoms with van der Waals surface area (Å²) < 4.78 is 1.96. The lowest BCUT2D eigenvalue weighted by Gasteiger charge is -2.03. The standard InChI is InChI=1S/C15H10N4O3S2/c20-13(16-8-9-1-3-10(4-2-9)19(21)22)12-7-11-14(24-12)17-15-18(11)5-6-23-15/h1-7H,8H2,(H,16,20). The summed E-state index contributed by atoms with van der Waals surface area (Å²) in [5.41, 5.74) is 1.76. The molecule has 0 fully saturated rings. The van der Waals surface area contributed by atoms with Crippen LogP contribution in [0.1, 0.15) is 15.2 Å². The molecule has 24 heavy (non-hydrogen) atoms.